The summed E-state index contributed by atoms with van der Waals surface area (Å²) in [5, 5.41) is 27.7. The third-order valence-corrected chi connectivity index (χ3v) is 6.81. The molecule has 1 unspecified atom stereocenters. The second kappa shape index (κ2) is 8.02. The fourth-order valence-corrected chi connectivity index (χ4v) is 5.19. The molecular formula is C32H24O2. The quantitative estimate of drug-likeness (QED) is 0.390. The zero-order valence-corrected chi connectivity index (χ0v) is 18.6. The van der Waals surface area contributed by atoms with Gasteiger partial charge in [-0.05, 0) is 50.1 Å². The van der Waals surface area contributed by atoms with Crippen molar-refractivity contribution in [3.05, 3.63) is 137 Å². The zero-order chi connectivity index (χ0) is 23.1. The molecule has 0 saturated heterocycles. The maximum atomic E-state index is 11.9. The number of phenolic OH excluding ortho intramolecular Hbond substituents is 1. The number of aromatic hydroxyl groups is 1. The molecule has 0 amide bonds. The van der Waals surface area contributed by atoms with Gasteiger partial charge in [-0.2, -0.15) is 0 Å². The van der Waals surface area contributed by atoms with Gasteiger partial charge < -0.3 is 10.2 Å². The molecule has 0 fully saturated rings. The van der Waals surface area contributed by atoms with E-state index in [1.54, 1.807) is 0 Å². The van der Waals surface area contributed by atoms with Crippen LogP contribution >= 0.6 is 0 Å². The fraction of sp³-hybridized carbons (Fsp3) is 0.0625. The number of rotatable bonds is 3. The van der Waals surface area contributed by atoms with Crippen LogP contribution in [0.15, 0.2) is 115 Å². The third kappa shape index (κ3) is 3.32. The minimum Gasteiger partial charge on any atom is -0.507 e. The fourth-order valence-electron chi connectivity index (χ4n) is 5.19. The highest BCUT2D eigenvalue weighted by Crippen LogP contribution is 2.44. The highest BCUT2D eigenvalue weighted by molar-refractivity contribution is 6.01. The van der Waals surface area contributed by atoms with Gasteiger partial charge >= 0.3 is 0 Å². The van der Waals surface area contributed by atoms with Crippen LogP contribution in [0.25, 0.3) is 33.5 Å². The van der Waals surface area contributed by atoms with Crippen molar-refractivity contribution in [2.75, 3.05) is 0 Å². The Morgan fingerprint density at radius 1 is 0.676 bits per heavy atom. The van der Waals surface area contributed by atoms with Crippen molar-refractivity contribution in [1.82, 2.24) is 0 Å². The summed E-state index contributed by atoms with van der Waals surface area (Å²) in [6.07, 6.45) is 2.31. The van der Waals surface area contributed by atoms with E-state index in [4.69, 9.17) is 0 Å². The van der Waals surface area contributed by atoms with Gasteiger partial charge in [-0.25, -0.2) is 0 Å². The minimum atomic E-state index is -1.18. The van der Waals surface area contributed by atoms with Crippen LogP contribution in [0, 0.1) is 0 Å². The van der Waals surface area contributed by atoms with Gasteiger partial charge in [0, 0.05) is 17.5 Å². The maximum absolute atomic E-state index is 11.9. The van der Waals surface area contributed by atoms with Gasteiger partial charge in [0.2, 0.25) is 0 Å². The highest BCUT2D eigenvalue weighted by Gasteiger charge is 2.33. The summed E-state index contributed by atoms with van der Waals surface area (Å²) in [7, 11) is 0. The van der Waals surface area contributed by atoms with Crippen LogP contribution in [0.4, 0.5) is 0 Å². The van der Waals surface area contributed by atoms with Crippen LogP contribution in [-0.2, 0) is 5.60 Å². The number of benzene rings is 5. The van der Waals surface area contributed by atoms with Crippen molar-refractivity contribution in [1.29, 1.82) is 0 Å². The average molecular weight is 441 g/mol. The number of fused-ring (bicyclic) bond motifs is 2. The second-order valence-corrected chi connectivity index (χ2v) is 8.91. The van der Waals surface area contributed by atoms with E-state index in [0.717, 1.165) is 49.0 Å². The Balaban J connectivity index is 1.71. The molecule has 1 aliphatic rings. The van der Waals surface area contributed by atoms with Crippen molar-refractivity contribution in [2.45, 2.75) is 12.0 Å². The molecule has 2 N–H and O–H groups in total. The van der Waals surface area contributed by atoms with Gasteiger partial charge in [0.1, 0.15) is 11.4 Å². The van der Waals surface area contributed by atoms with E-state index in [0.29, 0.717) is 6.42 Å². The first-order valence-corrected chi connectivity index (χ1v) is 11.5. The molecule has 34 heavy (non-hydrogen) atoms. The first kappa shape index (κ1) is 20.5. The number of hydrogen-bond acceptors (Lipinski definition) is 2. The van der Waals surface area contributed by atoms with Crippen molar-refractivity contribution >= 4 is 22.4 Å². The number of aliphatic hydroxyl groups is 1. The topological polar surface area (TPSA) is 40.5 Å². The minimum absolute atomic E-state index is 0.243. The van der Waals surface area contributed by atoms with Gasteiger partial charge in [0.05, 0.1) is 0 Å². The number of phenols is 1. The lowest BCUT2D eigenvalue weighted by molar-refractivity contribution is 0.111. The molecule has 0 bridgehead atoms. The third-order valence-electron chi connectivity index (χ3n) is 6.81. The lowest BCUT2D eigenvalue weighted by Crippen LogP contribution is -2.39. The molecule has 1 aliphatic carbocycles. The van der Waals surface area contributed by atoms with E-state index >= 15 is 0 Å². The van der Waals surface area contributed by atoms with Gasteiger partial charge in [-0.3, -0.25) is 0 Å². The summed E-state index contributed by atoms with van der Waals surface area (Å²) < 4.78 is 0. The molecular weight excluding hydrogens is 416 g/mol. The van der Waals surface area contributed by atoms with Crippen LogP contribution < -0.4 is 10.4 Å². The summed E-state index contributed by atoms with van der Waals surface area (Å²) in [6, 6.07) is 38.0. The Morgan fingerprint density at radius 2 is 1.32 bits per heavy atom. The molecule has 5 aromatic carbocycles. The zero-order valence-electron chi connectivity index (χ0n) is 18.6. The Kier molecular flexibility index (Phi) is 4.83. The monoisotopic (exact) mass is 440 g/mol. The Bertz CT molecular complexity index is 1640. The lowest BCUT2D eigenvalue weighted by Gasteiger charge is -2.31. The second-order valence-electron chi connectivity index (χ2n) is 8.91. The molecule has 6 rings (SSSR count). The molecule has 1 atom stereocenters. The molecule has 2 heteroatoms. The van der Waals surface area contributed by atoms with Crippen LogP contribution in [0.2, 0.25) is 0 Å². The first-order valence-electron chi connectivity index (χ1n) is 11.5. The first-order chi connectivity index (χ1) is 16.6. The molecule has 0 heterocycles. The van der Waals surface area contributed by atoms with Crippen LogP contribution in [0.3, 0.4) is 0 Å². The van der Waals surface area contributed by atoms with Crippen molar-refractivity contribution in [2.24, 2.45) is 0 Å². The van der Waals surface area contributed by atoms with Crippen LogP contribution in [-0.4, -0.2) is 10.2 Å². The van der Waals surface area contributed by atoms with Crippen LogP contribution in [0.1, 0.15) is 17.5 Å². The molecule has 0 aromatic heterocycles. The molecule has 0 radical (unpaired) electrons. The summed E-state index contributed by atoms with van der Waals surface area (Å²) in [5.41, 5.74) is 3.13. The van der Waals surface area contributed by atoms with E-state index < -0.39 is 5.60 Å². The Hall–Kier alpha value is -4.14. The molecule has 0 saturated carbocycles. The standard InChI is InChI=1S/C32H24O2/c33-31-28(22-11-3-1-4-12-22)19-23-13-7-10-18-27(23)30(31)29-21-32(34,25-15-5-2-6-16-25)20-24-14-8-9-17-26(24)29/h1-20,33-34H,21H2. The molecule has 2 nitrogen and oxygen atoms in total. The van der Waals surface area contributed by atoms with E-state index in [1.165, 1.54) is 0 Å². The predicted molar refractivity (Wildman–Crippen MR) is 139 cm³/mol. The molecule has 164 valence electrons. The van der Waals surface area contributed by atoms with E-state index in [9.17, 15) is 10.2 Å². The molecule has 0 spiro atoms. The molecule has 5 aromatic rings. The summed E-state index contributed by atoms with van der Waals surface area (Å²) >= 11 is 0. The smallest absolute Gasteiger partial charge is 0.131 e. The van der Waals surface area contributed by atoms with Gasteiger partial charge in [-0.15, -0.1) is 0 Å². The summed E-state index contributed by atoms with van der Waals surface area (Å²) in [6.45, 7) is 0. The highest BCUT2D eigenvalue weighted by atomic mass is 16.3. The largest absolute Gasteiger partial charge is 0.507 e. The Labute approximate surface area is 198 Å². The van der Waals surface area contributed by atoms with Gasteiger partial charge in [0.25, 0.3) is 0 Å². The van der Waals surface area contributed by atoms with E-state index in [2.05, 4.69) is 18.2 Å². The lowest BCUT2D eigenvalue weighted by atomic mass is 9.78. The van der Waals surface area contributed by atoms with E-state index in [-0.39, 0.29) is 5.75 Å². The normalized spacial score (nSPS) is 17.3. The van der Waals surface area contributed by atoms with Gasteiger partial charge in [0.15, 0.2) is 0 Å². The predicted octanol–water partition coefficient (Wildman–Crippen LogP) is 5.48. The Morgan fingerprint density at radius 3 is 2.12 bits per heavy atom. The van der Waals surface area contributed by atoms with Gasteiger partial charge in [-0.1, -0.05) is 109 Å². The SMILES string of the molecule is Oc1c(-c2ccccc2)cc2ccccc2c1C1=c2ccccc2=CC(O)(c2ccccc2)C1. The maximum Gasteiger partial charge on any atom is 0.131 e. The van der Waals surface area contributed by atoms with Crippen molar-refractivity contribution in [3.63, 3.8) is 0 Å². The summed E-state index contributed by atoms with van der Waals surface area (Å²) in [5.74, 6) is 0.243. The van der Waals surface area contributed by atoms with Crippen molar-refractivity contribution in [3.8, 4) is 16.9 Å². The number of hydrogen-bond donors (Lipinski definition) is 2. The van der Waals surface area contributed by atoms with Crippen LogP contribution in [0.5, 0.6) is 5.75 Å². The van der Waals surface area contributed by atoms with Crippen molar-refractivity contribution < 1.29 is 10.2 Å². The molecule has 0 aliphatic heterocycles. The van der Waals surface area contributed by atoms with E-state index in [1.807, 2.05) is 103 Å². The average Bonchev–Trinajstić information content (AvgIpc) is 2.89. The summed E-state index contributed by atoms with van der Waals surface area (Å²) in [4.78, 5) is 0.